The van der Waals surface area contributed by atoms with Crippen LogP contribution >= 0.6 is 0 Å². The van der Waals surface area contributed by atoms with E-state index in [9.17, 15) is 4.79 Å². The second-order valence-corrected chi connectivity index (χ2v) is 4.40. The number of carbonyl (C=O) groups is 1. The van der Waals surface area contributed by atoms with Crippen molar-refractivity contribution in [2.24, 2.45) is 11.8 Å². The summed E-state index contributed by atoms with van der Waals surface area (Å²) in [5, 5.41) is 9.08. The highest BCUT2D eigenvalue weighted by atomic mass is 16.4. The highest BCUT2D eigenvalue weighted by Gasteiger charge is 2.43. The average Bonchev–Trinajstić information content (AvgIpc) is 2.86. The van der Waals surface area contributed by atoms with E-state index in [1.165, 1.54) is 12.8 Å². The van der Waals surface area contributed by atoms with Gasteiger partial charge >= 0.3 is 5.97 Å². The van der Waals surface area contributed by atoms with E-state index in [1.54, 1.807) is 0 Å². The summed E-state index contributed by atoms with van der Waals surface area (Å²) in [6.07, 6.45) is 4.38. The molecule has 0 aromatic heterocycles. The SMILES string of the molecule is CN1CCCC(C(=O)O)C1C1CC1. The summed E-state index contributed by atoms with van der Waals surface area (Å²) in [4.78, 5) is 13.3. The van der Waals surface area contributed by atoms with Crippen LogP contribution in [-0.2, 0) is 4.79 Å². The highest BCUT2D eigenvalue weighted by Crippen LogP contribution is 2.41. The van der Waals surface area contributed by atoms with Crippen molar-refractivity contribution < 1.29 is 9.90 Å². The van der Waals surface area contributed by atoms with Crippen molar-refractivity contribution in [3.63, 3.8) is 0 Å². The molecule has 2 atom stereocenters. The summed E-state index contributed by atoms with van der Waals surface area (Å²) < 4.78 is 0. The molecular formula is C10H17NO2. The third kappa shape index (κ3) is 1.70. The van der Waals surface area contributed by atoms with Crippen molar-refractivity contribution in [1.29, 1.82) is 0 Å². The normalized spacial score (nSPS) is 36.1. The van der Waals surface area contributed by atoms with Gasteiger partial charge in [0.15, 0.2) is 0 Å². The number of hydrogen-bond donors (Lipinski definition) is 1. The number of piperidine rings is 1. The van der Waals surface area contributed by atoms with Crippen LogP contribution in [0, 0.1) is 11.8 Å². The number of carboxylic acids is 1. The zero-order valence-corrected chi connectivity index (χ0v) is 8.07. The summed E-state index contributed by atoms with van der Waals surface area (Å²) in [6, 6.07) is 0.325. The second-order valence-electron chi connectivity index (χ2n) is 4.40. The molecule has 3 heteroatoms. The Kier molecular flexibility index (Phi) is 2.28. The van der Waals surface area contributed by atoms with Crippen LogP contribution in [0.15, 0.2) is 0 Å². The zero-order chi connectivity index (χ0) is 9.42. The predicted octanol–water partition coefficient (Wildman–Crippen LogP) is 1.19. The van der Waals surface area contributed by atoms with Crippen LogP contribution in [0.3, 0.4) is 0 Å². The smallest absolute Gasteiger partial charge is 0.308 e. The molecule has 1 saturated heterocycles. The first-order valence-electron chi connectivity index (χ1n) is 5.13. The molecule has 0 amide bonds. The van der Waals surface area contributed by atoms with E-state index < -0.39 is 5.97 Å². The first-order chi connectivity index (χ1) is 6.20. The van der Waals surface area contributed by atoms with E-state index in [2.05, 4.69) is 11.9 Å². The first kappa shape index (κ1) is 9.00. The van der Waals surface area contributed by atoms with Gasteiger partial charge in [0, 0.05) is 6.04 Å². The topological polar surface area (TPSA) is 40.5 Å². The molecule has 2 aliphatic rings. The van der Waals surface area contributed by atoms with Gasteiger partial charge in [0.2, 0.25) is 0 Å². The number of hydrogen-bond acceptors (Lipinski definition) is 2. The van der Waals surface area contributed by atoms with Crippen molar-refractivity contribution >= 4 is 5.97 Å². The van der Waals surface area contributed by atoms with Gasteiger partial charge in [0.1, 0.15) is 0 Å². The van der Waals surface area contributed by atoms with Crippen molar-refractivity contribution in [3.05, 3.63) is 0 Å². The molecule has 74 valence electrons. The van der Waals surface area contributed by atoms with Crippen molar-refractivity contribution in [3.8, 4) is 0 Å². The molecular weight excluding hydrogens is 166 g/mol. The molecule has 0 bridgehead atoms. The minimum atomic E-state index is -0.594. The van der Waals surface area contributed by atoms with Gasteiger partial charge < -0.3 is 10.0 Å². The van der Waals surface area contributed by atoms with Crippen molar-refractivity contribution in [2.45, 2.75) is 31.7 Å². The Morgan fingerprint density at radius 1 is 1.38 bits per heavy atom. The molecule has 0 aromatic carbocycles. The third-order valence-corrected chi connectivity index (χ3v) is 3.37. The number of carboxylic acid groups (broad SMARTS) is 1. The highest BCUT2D eigenvalue weighted by molar-refractivity contribution is 5.71. The van der Waals surface area contributed by atoms with Gasteiger partial charge in [-0.05, 0) is 45.2 Å². The maximum Gasteiger partial charge on any atom is 0.308 e. The largest absolute Gasteiger partial charge is 0.481 e. The van der Waals surface area contributed by atoms with Gasteiger partial charge in [-0.15, -0.1) is 0 Å². The number of rotatable bonds is 2. The number of nitrogens with zero attached hydrogens (tertiary/aromatic N) is 1. The summed E-state index contributed by atoms with van der Waals surface area (Å²) in [5.41, 5.74) is 0. The van der Waals surface area contributed by atoms with Gasteiger partial charge in [-0.3, -0.25) is 4.79 Å². The number of likely N-dealkylation sites (tertiary alicyclic amines) is 1. The van der Waals surface area contributed by atoms with Crippen LogP contribution in [0.5, 0.6) is 0 Å². The second kappa shape index (κ2) is 3.29. The summed E-state index contributed by atoms with van der Waals surface area (Å²) >= 11 is 0. The molecule has 2 fully saturated rings. The van der Waals surface area contributed by atoms with Crippen LogP contribution in [-0.4, -0.2) is 35.6 Å². The molecule has 13 heavy (non-hydrogen) atoms. The van der Waals surface area contributed by atoms with Gasteiger partial charge in [-0.2, -0.15) is 0 Å². The maximum atomic E-state index is 11.0. The Labute approximate surface area is 78.7 Å². The minimum absolute atomic E-state index is 0.105. The van der Waals surface area contributed by atoms with Crippen molar-refractivity contribution in [1.82, 2.24) is 4.90 Å². The van der Waals surface area contributed by atoms with Gasteiger partial charge in [0.25, 0.3) is 0 Å². The quantitative estimate of drug-likeness (QED) is 0.699. The average molecular weight is 183 g/mol. The lowest BCUT2D eigenvalue weighted by Crippen LogP contribution is -2.47. The number of aliphatic carboxylic acids is 1. The van der Waals surface area contributed by atoms with Crippen molar-refractivity contribution in [2.75, 3.05) is 13.6 Å². The Hall–Kier alpha value is -0.570. The van der Waals surface area contributed by atoms with Crippen LogP contribution in [0.2, 0.25) is 0 Å². The fourth-order valence-electron chi connectivity index (χ4n) is 2.58. The first-order valence-corrected chi connectivity index (χ1v) is 5.13. The fourth-order valence-corrected chi connectivity index (χ4v) is 2.58. The van der Waals surface area contributed by atoms with E-state index in [0.29, 0.717) is 12.0 Å². The Morgan fingerprint density at radius 3 is 2.62 bits per heavy atom. The standard InChI is InChI=1S/C10H17NO2/c1-11-6-2-3-8(10(12)13)9(11)7-4-5-7/h7-9H,2-6H2,1H3,(H,12,13). The summed E-state index contributed by atoms with van der Waals surface area (Å²) in [7, 11) is 2.07. The van der Waals surface area contributed by atoms with E-state index in [0.717, 1.165) is 19.4 Å². The molecule has 0 spiro atoms. The lowest BCUT2D eigenvalue weighted by Gasteiger charge is -2.37. The molecule has 3 nitrogen and oxygen atoms in total. The van der Waals surface area contributed by atoms with Gasteiger partial charge in [0.05, 0.1) is 5.92 Å². The Balaban J connectivity index is 2.08. The van der Waals surface area contributed by atoms with E-state index >= 15 is 0 Å². The van der Waals surface area contributed by atoms with Gasteiger partial charge in [-0.1, -0.05) is 0 Å². The molecule has 1 aliphatic heterocycles. The monoisotopic (exact) mass is 183 g/mol. The zero-order valence-electron chi connectivity index (χ0n) is 8.07. The summed E-state index contributed by atoms with van der Waals surface area (Å²) in [6.45, 7) is 1.07. The maximum absolute atomic E-state index is 11.0. The van der Waals surface area contributed by atoms with Crippen LogP contribution < -0.4 is 0 Å². The summed E-state index contributed by atoms with van der Waals surface area (Å²) in [5.74, 6) is -0.0268. The molecule has 1 N–H and O–H groups in total. The molecule has 0 aromatic rings. The Morgan fingerprint density at radius 2 is 2.08 bits per heavy atom. The molecule has 2 unspecified atom stereocenters. The van der Waals surface area contributed by atoms with E-state index in [4.69, 9.17) is 5.11 Å². The molecule has 1 aliphatic carbocycles. The van der Waals surface area contributed by atoms with E-state index in [-0.39, 0.29) is 5.92 Å². The Bertz CT molecular complexity index is 213. The lowest BCUT2D eigenvalue weighted by atomic mass is 9.86. The minimum Gasteiger partial charge on any atom is -0.481 e. The van der Waals surface area contributed by atoms with Gasteiger partial charge in [-0.25, -0.2) is 0 Å². The predicted molar refractivity (Wildman–Crippen MR) is 49.5 cm³/mol. The van der Waals surface area contributed by atoms with Crippen LogP contribution in [0.4, 0.5) is 0 Å². The third-order valence-electron chi connectivity index (χ3n) is 3.37. The van der Waals surface area contributed by atoms with Crippen LogP contribution in [0.1, 0.15) is 25.7 Å². The molecule has 2 rings (SSSR count). The van der Waals surface area contributed by atoms with Crippen LogP contribution in [0.25, 0.3) is 0 Å². The fraction of sp³-hybridized carbons (Fsp3) is 0.900. The lowest BCUT2D eigenvalue weighted by molar-refractivity contribution is -0.146. The molecule has 0 radical (unpaired) electrons. The molecule has 1 saturated carbocycles. The molecule has 1 heterocycles. The van der Waals surface area contributed by atoms with E-state index in [1.807, 2.05) is 0 Å².